The number of rotatable bonds is 7. The molecule has 1 heterocycles. The second-order valence-corrected chi connectivity index (χ2v) is 4.19. The van der Waals surface area contributed by atoms with Crippen LogP contribution in [0.1, 0.15) is 30.6 Å². The molecule has 1 aromatic heterocycles. The van der Waals surface area contributed by atoms with Gasteiger partial charge < -0.3 is 16.0 Å². The van der Waals surface area contributed by atoms with Crippen molar-refractivity contribution in [2.45, 2.75) is 20.3 Å². The number of pyridine rings is 1. The van der Waals surface area contributed by atoms with Crippen LogP contribution in [0.4, 0.5) is 10.2 Å². The Balaban J connectivity index is 2.41. The number of nitrogens with zero attached hydrogens (tertiary/aromatic N) is 2. The largest absolute Gasteiger partial charge is 0.381 e. The average Bonchev–Trinajstić information content (AvgIpc) is 2.42. The SMILES string of the molecule is CCN(CC)CCCNC(=O)c1ccnc(N)c1F. The molecule has 0 unspecified atom stereocenters. The number of amides is 1. The van der Waals surface area contributed by atoms with Crippen molar-refractivity contribution < 1.29 is 9.18 Å². The molecule has 1 amide bonds. The molecule has 1 aromatic rings. The van der Waals surface area contributed by atoms with Crippen LogP contribution < -0.4 is 11.1 Å². The summed E-state index contributed by atoms with van der Waals surface area (Å²) in [6.45, 7) is 7.58. The van der Waals surface area contributed by atoms with E-state index in [1.807, 2.05) is 0 Å². The van der Waals surface area contributed by atoms with Crippen molar-refractivity contribution in [1.82, 2.24) is 15.2 Å². The van der Waals surface area contributed by atoms with E-state index in [1.54, 1.807) is 0 Å². The Kier molecular flexibility index (Phi) is 6.21. The predicted octanol–water partition coefficient (Wildman–Crippen LogP) is 1.26. The minimum atomic E-state index is -0.760. The van der Waals surface area contributed by atoms with Gasteiger partial charge in [0.2, 0.25) is 0 Å². The fraction of sp³-hybridized carbons (Fsp3) is 0.538. The van der Waals surface area contributed by atoms with Gasteiger partial charge in [-0.25, -0.2) is 9.37 Å². The number of hydrogen-bond acceptors (Lipinski definition) is 4. The summed E-state index contributed by atoms with van der Waals surface area (Å²) in [6.07, 6.45) is 2.15. The van der Waals surface area contributed by atoms with Crippen LogP contribution in [-0.2, 0) is 0 Å². The molecule has 0 bridgehead atoms. The number of hydrogen-bond donors (Lipinski definition) is 2. The van der Waals surface area contributed by atoms with Gasteiger partial charge in [-0.15, -0.1) is 0 Å². The van der Waals surface area contributed by atoms with E-state index in [2.05, 4.69) is 29.0 Å². The van der Waals surface area contributed by atoms with E-state index in [1.165, 1.54) is 12.3 Å². The van der Waals surface area contributed by atoms with Gasteiger partial charge in [-0.3, -0.25) is 4.79 Å². The maximum absolute atomic E-state index is 13.5. The molecule has 5 nitrogen and oxygen atoms in total. The average molecular weight is 268 g/mol. The molecule has 0 fully saturated rings. The van der Waals surface area contributed by atoms with Crippen LogP contribution in [-0.4, -0.2) is 42.0 Å². The highest BCUT2D eigenvalue weighted by atomic mass is 19.1. The molecule has 0 aliphatic carbocycles. The monoisotopic (exact) mass is 268 g/mol. The van der Waals surface area contributed by atoms with Crippen LogP contribution in [0.25, 0.3) is 0 Å². The molecule has 0 radical (unpaired) electrons. The Morgan fingerprint density at radius 1 is 1.47 bits per heavy atom. The van der Waals surface area contributed by atoms with E-state index in [-0.39, 0.29) is 11.4 Å². The molecule has 6 heteroatoms. The summed E-state index contributed by atoms with van der Waals surface area (Å²) in [4.78, 5) is 17.6. The van der Waals surface area contributed by atoms with E-state index < -0.39 is 11.7 Å². The minimum Gasteiger partial charge on any atom is -0.381 e. The first kappa shape index (κ1) is 15.4. The lowest BCUT2D eigenvalue weighted by Gasteiger charge is -2.17. The fourth-order valence-corrected chi connectivity index (χ4v) is 1.77. The van der Waals surface area contributed by atoms with Crippen molar-refractivity contribution in [3.8, 4) is 0 Å². The summed E-state index contributed by atoms with van der Waals surface area (Å²) in [5.74, 6) is -1.47. The molecule has 0 aliphatic heterocycles. The van der Waals surface area contributed by atoms with Crippen molar-refractivity contribution in [3.05, 3.63) is 23.6 Å². The number of carbonyl (C=O) groups is 1. The molecular formula is C13H21FN4O. The smallest absolute Gasteiger partial charge is 0.254 e. The second kappa shape index (κ2) is 7.68. The Labute approximate surface area is 113 Å². The third kappa shape index (κ3) is 4.48. The van der Waals surface area contributed by atoms with Crippen LogP contribution in [0.3, 0.4) is 0 Å². The molecule has 106 valence electrons. The topological polar surface area (TPSA) is 71.2 Å². The third-order valence-electron chi connectivity index (χ3n) is 2.99. The Morgan fingerprint density at radius 3 is 2.79 bits per heavy atom. The van der Waals surface area contributed by atoms with Crippen molar-refractivity contribution >= 4 is 11.7 Å². The Hall–Kier alpha value is -1.69. The quantitative estimate of drug-likeness (QED) is 0.730. The van der Waals surface area contributed by atoms with Crippen LogP contribution in [0, 0.1) is 5.82 Å². The molecule has 0 saturated heterocycles. The van der Waals surface area contributed by atoms with Crippen LogP contribution in [0.5, 0.6) is 0 Å². The highest BCUT2D eigenvalue weighted by Gasteiger charge is 2.13. The van der Waals surface area contributed by atoms with Gasteiger partial charge in [-0.2, -0.15) is 0 Å². The van der Waals surface area contributed by atoms with Crippen molar-refractivity contribution in [2.24, 2.45) is 0 Å². The Bertz CT molecular complexity index is 421. The molecule has 0 aromatic carbocycles. The van der Waals surface area contributed by atoms with Crippen molar-refractivity contribution in [2.75, 3.05) is 31.9 Å². The van der Waals surface area contributed by atoms with Gasteiger partial charge in [-0.05, 0) is 32.1 Å². The second-order valence-electron chi connectivity index (χ2n) is 4.19. The zero-order valence-electron chi connectivity index (χ0n) is 11.4. The molecule has 19 heavy (non-hydrogen) atoms. The van der Waals surface area contributed by atoms with E-state index in [0.29, 0.717) is 6.54 Å². The number of nitrogens with two attached hydrogens (primary N) is 1. The number of nitrogens with one attached hydrogen (secondary N) is 1. The lowest BCUT2D eigenvalue weighted by Crippen LogP contribution is -2.30. The lowest BCUT2D eigenvalue weighted by molar-refractivity contribution is 0.0947. The zero-order chi connectivity index (χ0) is 14.3. The molecule has 0 spiro atoms. The standard InChI is InChI=1S/C13H21FN4O/c1-3-18(4-2)9-5-7-17-13(19)10-6-8-16-12(15)11(10)14/h6,8H,3-5,7,9H2,1-2H3,(H2,15,16)(H,17,19). The number of aromatic nitrogens is 1. The van der Waals surface area contributed by atoms with Crippen molar-refractivity contribution in [1.29, 1.82) is 0 Å². The van der Waals surface area contributed by atoms with Crippen LogP contribution in [0.15, 0.2) is 12.3 Å². The van der Waals surface area contributed by atoms with Gasteiger partial charge in [0.1, 0.15) is 0 Å². The van der Waals surface area contributed by atoms with E-state index in [0.717, 1.165) is 26.1 Å². The van der Waals surface area contributed by atoms with Gasteiger partial charge in [0, 0.05) is 12.7 Å². The van der Waals surface area contributed by atoms with Crippen molar-refractivity contribution in [3.63, 3.8) is 0 Å². The number of carbonyl (C=O) groups excluding carboxylic acids is 1. The van der Waals surface area contributed by atoms with Crippen LogP contribution in [0.2, 0.25) is 0 Å². The van der Waals surface area contributed by atoms with Gasteiger partial charge in [0.05, 0.1) is 5.56 Å². The van der Waals surface area contributed by atoms with E-state index in [4.69, 9.17) is 5.73 Å². The molecule has 3 N–H and O–H groups in total. The molecule has 0 saturated carbocycles. The van der Waals surface area contributed by atoms with Crippen LogP contribution >= 0.6 is 0 Å². The van der Waals surface area contributed by atoms with Gasteiger partial charge in [0.15, 0.2) is 11.6 Å². The molecular weight excluding hydrogens is 247 g/mol. The first-order chi connectivity index (χ1) is 9.10. The highest BCUT2D eigenvalue weighted by molar-refractivity contribution is 5.95. The van der Waals surface area contributed by atoms with Gasteiger partial charge >= 0.3 is 0 Å². The van der Waals surface area contributed by atoms with E-state index in [9.17, 15) is 9.18 Å². The molecule has 0 atom stereocenters. The van der Waals surface area contributed by atoms with E-state index >= 15 is 0 Å². The molecule has 1 rings (SSSR count). The predicted molar refractivity (Wildman–Crippen MR) is 73.3 cm³/mol. The number of halogens is 1. The zero-order valence-corrected chi connectivity index (χ0v) is 11.4. The highest BCUT2D eigenvalue weighted by Crippen LogP contribution is 2.11. The normalized spacial score (nSPS) is 10.7. The van der Waals surface area contributed by atoms with Gasteiger partial charge in [0.25, 0.3) is 5.91 Å². The summed E-state index contributed by atoms with van der Waals surface area (Å²) < 4.78 is 13.5. The summed E-state index contributed by atoms with van der Waals surface area (Å²) in [5.41, 5.74) is 5.26. The summed E-state index contributed by atoms with van der Waals surface area (Å²) in [5, 5.41) is 2.68. The maximum Gasteiger partial charge on any atom is 0.254 e. The maximum atomic E-state index is 13.5. The summed E-state index contributed by atoms with van der Waals surface area (Å²) >= 11 is 0. The number of nitrogen functional groups attached to an aromatic ring is 1. The third-order valence-corrected chi connectivity index (χ3v) is 2.99. The molecule has 0 aliphatic rings. The summed E-state index contributed by atoms with van der Waals surface area (Å²) in [6, 6.07) is 1.32. The number of anilines is 1. The van der Waals surface area contributed by atoms with Gasteiger partial charge in [-0.1, -0.05) is 13.8 Å². The summed E-state index contributed by atoms with van der Waals surface area (Å²) in [7, 11) is 0. The Morgan fingerprint density at radius 2 is 2.16 bits per heavy atom. The first-order valence-electron chi connectivity index (χ1n) is 6.50. The minimum absolute atomic E-state index is 0.0599. The first-order valence-corrected chi connectivity index (χ1v) is 6.50. The fourth-order valence-electron chi connectivity index (χ4n) is 1.77. The lowest BCUT2D eigenvalue weighted by atomic mass is 10.2.